The molecule has 7 N–H and O–H groups in total. The monoisotopic (exact) mass is 1260 g/mol. The smallest absolute Gasteiger partial charge is 0.336 e. The van der Waals surface area contributed by atoms with E-state index in [2.05, 4.69) is 34.9 Å². The van der Waals surface area contributed by atoms with E-state index < -0.39 is 41.8 Å². The summed E-state index contributed by atoms with van der Waals surface area (Å²) in [5.41, 5.74) is 15.9. The fourth-order valence-electron chi connectivity index (χ4n) is 9.08. The zero-order valence-electron chi connectivity index (χ0n) is 55.0. The van der Waals surface area contributed by atoms with Gasteiger partial charge in [0.05, 0.1) is 44.6 Å². The van der Waals surface area contributed by atoms with Gasteiger partial charge in [-0.3, -0.25) is 34.9 Å². The zero-order valence-corrected chi connectivity index (χ0v) is 55.0. The molecule has 7 heterocycles. The van der Waals surface area contributed by atoms with Crippen LogP contribution in [0.3, 0.4) is 0 Å². The van der Waals surface area contributed by atoms with Gasteiger partial charge in [-0.2, -0.15) is 0 Å². The highest BCUT2D eigenvalue weighted by Gasteiger charge is 2.21. The Morgan fingerprint density at radius 1 is 0.424 bits per heavy atom. The van der Waals surface area contributed by atoms with Crippen LogP contribution in [0.15, 0.2) is 103 Å². The van der Waals surface area contributed by atoms with Crippen LogP contribution < -0.4 is 0 Å². The Kier molecular flexibility index (Phi) is 28.9. The van der Waals surface area contributed by atoms with Crippen LogP contribution in [0, 0.1) is 62.3 Å². The highest BCUT2D eigenvalue weighted by molar-refractivity contribution is 5.92. The van der Waals surface area contributed by atoms with Gasteiger partial charge in [0, 0.05) is 85.0 Å². The summed E-state index contributed by atoms with van der Waals surface area (Å²) in [5.74, 6) is -5.97. The van der Waals surface area contributed by atoms with Crippen LogP contribution in [0.5, 0.6) is 0 Å². The lowest BCUT2D eigenvalue weighted by molar-refractivity contribution is 0.0684. The van der Waals surface area contributed by atoms with Crippen LogP contribution in [0.25, 0.3) is 11.3 Å². The summed E-state index contributed by atoms with van der Waals surface area (Å²) in [4.78, 5) is 105. The third-order valence-electron chi connectivity index (χ3n) is 13.5. The summed E-state index contributed by atoms with van der Waals surface area (Å²) in [6.45, 7) is 30.2. The molecule has 0 radical (unpaired) electrons. The minimum absolute atomic E-state index is 0.115. The number of fused-ring (bicyclic) bond motifs is 1. The number of aromatic nitrogens is 7. The van der Waals surface area contributed by atoms with Crippen LogP contribution in [-0.4, -0.2) is 112 Å². The molecule has 7 aromatic heterocycles. The molecular formula is C71H83N7O14. The van der Waals surface area contributed by atoms with Crippen molar-refractivity contribution in [3.05, 3.63) is 227 Å². The number of hydrogen-bond donors (Lipinski definition) is 7. The molecule has 0 bridgehead atoms. The maximum Gasteiger partial charge on any atom is 0.336 e. The standard InChI is InChI=1S/C13H11NO2.C11H15NO2.C10H11NO2.2C10H13NO2.C9H11NO2.C8H9NO2/c1-9-7-11(13(15)16)8-12(14-9)10-5-3-2-4-6-10;1-7-5-8(10(13)14)6-9(12-7)11(2,3)4;1-6-5-8(10(12)13)7-3-2-4-9(7)11-6;1-6(2)9-5-8(10(12)13)4-7(3)11-9;1-4-9-7(3)8(10(12)13)5-6(2)11-9;1-3-8-5-7(9(11)12)4-6(2)10-8;1-5-3-7(8(10)11)4-6(2)9-5/h2-8H,1H3,(H,15,16);5-6H,1-4H3,(H,13,14);5H,2-4H2,1H3,(H,12,13);4-6H,1-3H3,(H,12,13);5H,4H2,1-3H3,(H,12,13);4-5H,3H2,1-2H3,(H,11,12);3-4H,1-2H3,(H,10,11). The van der Waals surface area contributed by atoms with Gasteiger partial charge in [-0.1, -0.05) is 78.8 Å². The number of benzene rings is 1. The number of rotatable bonds is 11. The van der Waals surface area contributed by atoms with Gasteiger partial charge in [-0.15, -0.1) is 0 Å². The second kappa shape index (κ2) is 35.1. The molecule has 0 saturated carbocycles. The largest absolute Gasteiger partial charge is 0.478 e. The topological polar surface area (TPSA) is 351 Å². The first-order chi connectivity index (χ1) is 42.9. The van der Waals surface area contributed by atoms with Crippen LogP contribution in [0.1, 0.15) is 218 Å². The van der Waals surface area contributed by atoms with Gasteiger partial charge in [0.2, 0.25) is 0 Å². The van der Waals surface area contributed by atoms with Gasteiger partial charge >= 0.3 is 41.8 Å². The zero-order chi connectivity index (χ0) is 69.5. The summed E-state index contributed by atoms with van der Waals surface area (Å²) < 4.78 is 0. The lowest BCUT2D eigenvalue weighted by Gasteiger charge is -2.18. The predicted molar refractivity (Wildman–Crippen MR) is 350 cm³/mol. The van der Waals surface area contributed by atoms with Gasteiger partial charge in [0.1, 0.15) is 0 Å². The first kappa shape index (κ1) is 75.8. The number of aromatic carboxylic acids is 7. The Labute approximate surface area is 536 Å². The first-order valence-corrected chi connectivity index (χ1v) is 29.5. The van der Waals surface area contributed by atoms with Crippen LogP contribution in [0.2, 0.25) is 0 Å². The van der Waals surface area contributed by atoms with Crippen molar-refractivity contribution in [1.29, 1.82) is 0 Å². The number of carboxylic acids is 7. The molecule has 9 rings (SSSR count). The van der Waals surface area contributed by atoms with E-state index in [0.29, 0.717) is 44.8 Å². The maximum atomic E-state index is 10.9. The summed E-state index contributed by atoms with van der Waals surface area (Å²) >= 11 is 0. The highest BCUT2D eigenvalue weighted by Crippen LogP contribution is 2.25. The molecule has 0 fully saturated rings. The second-order valence-corrected chi connectivity index (χ2v) is 22.9. The van der Waals surface area contributed by atoms with Crippen LogP contribution >= 0.6 is 0 Å². The van der Waals surface area contributed by atoms with Crippen molar-refractivity contribution in [2.24, 2.45) is 0 Å². The quantitative estimate of drug-likeness (QED) is 0.0632. The van der Waals surface area contributed by atoms with E-state index in [0.717, 1.165) is 117 Å². The van der Waals surface area contributed by atoms with E-state index in [-0.39, 0.29) is 16.9 Å². The van der Waals surface area contributed by atoms with Crippen molar-refractivity contribution >= 4 is 41.8 Å². The molecular weight excluding hydrogens is 1170 g/mol. The molecule has 8 aromatic rings. The van der Waals surface area contributed by atoms with Crippen LogP contribution in [0.4, 0.5) is 0 Å². The van der Waals surface area contributed by atoms with Gasteiger partial charge in [-0.25, -0.2) is 33.6 Å². The summed E-state index contributed by atoms with van der Waals surface area (Å²) in [7, 11) is 0. The van der Waals surface area contributed by atoms with E-state index >= 15 is 0 Å². The molecule has 0 saturated heterocycles. The molecule has 1 aromatic carbocycles. The molecule has 0 aliphatic heterocycles. The molecule has 0 amide bonds. The van der Waals surface area contributed by atoms with Crippen molar-refractivity contribution in [2.45, 2.75) is 154 Å². The molecule has 92 heavy (non-hydrogen) atoms. The number of aryl methyl sites for hydroxylation is 11. The van der Waals surface area contributed by atoms with Crippen molar-refractivity contribution in [2.75, 3.05) is 0 Å². The third-order valence-corrected chi connectivity index (χ3v) is 13.5. The van der Waals surface area contributed by atoms with Gasteiger partial charge < -0.3 is 35.7 Å². The minimum Gasteiger partial charge on any atom is -0.478 e. The second-order valence-electron chi connectivity index (χ2n) is 22.9. The summed E-state index contributed by atoms with van der Waals surface area (Å²) in [6.07, 6.45) is 4.36. The Morgan fingerprint density at radius 2 is 0.837 bits per heavy atom. The molecule has 21 nitrogen and oxygen atoms in total. The van der Waals surface area contributed by atoms with Crippen molar-refractivity contribution < 1.29 is 69.3 Å². The molecule has 0 atom stereocenters. The van der Waals surface area contributed by atoms with Crippen LogP contribution in [-0.2, 0) is 31.1 Å². The molecule has 21 heteroatoms. The number of pyridine rings is 7. The number of hydrogen-bond acceptors (Lipinski definition) is 14. The van der Waals surface area contributed by atoms with Crippen molar-refractivity contribution in [1.82, 2.24) is 34.9 Å². The lowest BCUT2D eigenvalue weighted by Crippen LogP contribution is -2.15. The normalized spacial score (nSPS) is 10.8. The van der Waals surface area contributed by atoms with Gasteiger partial charge in [0.25, 0.3) is 0 Å². The number of nitrogens with zero attached hydrogens (tertiary/aromatic N) is 7. The van der Waals surface area contributed by atoms with E-state index in [1.54, 1.807) is 114 Å². The van der Waals surface area contributed by atoms with Gasteiger partial charge in [0.15, 0.2) is 0 Å². The summed E-state index contributed by atoms with van der Waals surface area (Å²) in [5, 5.41) is 61.7. The average molecular weight is 1260 g/mol. The Balaban J connectivity index is 0.000000281. The Morgan fingerprint density at radius 3 is 1.30 bits per heavy atom. The van der Waals surface area contributed by atoms with E-state index in [4.69, 9.17) is 35.7 Å². The van der Waals surface area contributed by atoms with E-state index in [1.807, 2.05) is 99.6 Å². The van der Waals surface area contributed by atoms with E-state index in [1.165, 1.54) is 0 Å². The molecule has 0 spiro atoms. The number of carboxylic acid groups (broad SMARTS) is 7. The summed E-state index contributed by atoms with van der Waals surface area (Å²) in [6, 6.07) is 28.7. The average Bonchev–Trinajstić information content (AvgIpc) is 1.59. The van der Waals surface area contributed by atoms with Crippen molar-refractivity contribution in [3.8, 4) is 11.3 Å². The fraction of sp³-hybridized carbons (Fsp3) is 0.324. The molecule has 1 aliphatic rings. The molecule has 1 aliphatic carbocycles. The highest BCUT2D eigenvalue weighted by atomic mass is 16.4. The molecule has 0 unspecified atom stereocenters. The minimum atomic E-state index is -0.928. The number of carbonyl (C=O) groups is 7. The third kappa shape index (κ3) is 24.5. The Bertz CT molecular complexity index is 3920. The fourth-order valence-corrected chi connectivity index (χ4v) is 9.08. The molecule has 486 valence electrons. The van der Waals surface area contributed by atoms with Gasteiger partial charge in [-0.05, 0) is 184 Å². The lowest BCUT2D eigenvalue weighted by atomic mass is 9.90. The SMILES string of the molecule is CCc1cc(C(=O)O)cc(C)n1.CCc1nc(C)cc(C(=O)O)c1C.Cc1cc(C(=O)O)c2c(n1)CCC2.Cc1cc(C(=O)O)cc(-c2ccccc2)n1.Cc1cc(C(=O)O)cc(C(C)(C)C)n1.Cc1cc(C(=O)O)cc(C(C)C)n1.Cc1cc(C(=O)O)cc(C)n1. The van der Waals surface area contributed by atoms with E-state index in [9.17, 15) is 33.6 Å². The maximum absolute atomic E-state index is 10.9. The van der Waals surface area contributed by atoms with Crippen molar-refractivity contribution in [3.63, 3.8) is 0 Å². The Hall–Kier alpha value is -10.4. The predicted octanol–water partition coefficient (Wildman–Crippen LogP) is 13.9. The first-order valence-electron chi connectivity index (χ1n) is 29.5.